The van der Waals surface area contributed by atoms with E-state index in [1.54, 1.807) is 19.2 Å². The van der Waals surface area contributed by atoms with Crippen molar-refractivity contribution in [2.45, 2.75) is 12.5 Å². The Morgan fingerprint density at radius 3 is 2.81 bits per heavy atom. The van der Waals surface area contributed by atoms with Crippen LogP contribution in [0.5, 0.6) is 5.75 Å². The van der Waals surface area contributed by atoms with E-state index in [1.165, 1.54) is 6.07 Å². The first-order chi connectivity index (χ1) is 12.7. The predicted octanol–water partition coefficient (Wildman–Crippen LogP) is 3.22. The van der Waals surface area contributed by atoms with Gasteiger partial charge in [-0.15, -0.1) is 12.4 Å². The summed E-state index contributed by atoms with van der Waals surface area (Å²) < 4.78 is 19.2. The van der Waals surface area contributed by atoms with Gasteiger partial charge in [0.25, 0.3) is 0 Å². The van der Waals surface area contributed by atoms with Crippen molar-refractivity contribution in [2.75, 3.05) is 26.7 Å². The standard InChI is InChI=1S/C21H23FN2O2.ClH/c1-26-19-8-3-2-5-14(19)10-20(25)24-13-16-11-23-12-18(16)21(24)15-6-4-7-17(22)9-15;/h2-9,16,18,21,23H,10-13H2,1H3;1H/t16-,18-,21-;/m0./s1. The third-order valence-corrected chi connectivity index (χ3v) is 5.61. The molecule has 4 nitrogen and oxygen atoms in total. The molecule has 2 aliphatic rings. The molecule has 0 spiro atoms. The summed E-state index contributed by atoms with van der Waals surface area (Å²) in [4.78, 5) is 15.1. The zero-order valence-corrected chi connectivity index (χ0v) is 16.0. The molecule has 1 amide bonds. The Bertz CT molecular complexity index is 816. The third-order valence-electron chi connectivity index (χ3n) is 5.61. The van der Waals surface area contributed by atoms with Gasteiger partial charge in [0.05, 0.1) is 19.6 Å². The lowest BCUT2D eigenvalue weighted by molar-refractivity contribution is -0.132. The fraction of sp³-hybridized carbons (Fsp3) is 0.381. The second kappa shape index (κ2) is 8.28. The van der Waals surface area contributed by atoms with Crippen molar-refractivity contribution in [2.24, 2.45) is 11.8 Å². The van der Waals surface area contributed by atoms with Gasteiger partial charge in [-0.2, -0.15) is 0 Å². The normalized spacial score (nSPS) is 23.6. The van der Waals surface area contributed by atoms with Crippen LogP contribution in [-0.4, -0.2) is 37.6 Å². The second-order valence-electron chi connectivity index (χ2n) is 7.12. The molecule has 2 aromatic rings. The molecule has 144 valence electrons. The van der Waals surface area contributed by atoms with Crippen LogP contribution in [0.15, 0.2) is 48.5 Å². The fourth-order valence-corrected chi connectivity index (χ4v) is 4.41. The highest BCUT2D eigenvalue weighted by Crippen LogP contribution is 2.43. The molecule has 0 radical (unpaired) electrons. The van der Waals surface area contributed by atoms with E-state index in [1.807, 2.05) is 35.2 Å². The Morgan fingerprint density at radius 1 is 1.22 bits per heavy atom. The average molecular weight is 391 g/mol. The summed E-state index contributed by atoms with van der Waals surface area (Å²) in [6.07, 6.45) is 0.294. The van der Waals surface area contributed by atoms with E-state index in [2.05, 4.69) is 5.32 Å². The average Bonchev–Trinajstić information content (AvgIpc) is 3.23. The number of methoxy groups -OCH3 is 1. The SMILES string of the molecule is COc1ccccc1CC(=O)N1C[C@@H]2CNC[C@@H]2[C@@H]1c1cccc(F)c1.Cl. The molecule has 2 aliphatic heterocycles. The van der Waals surface area contributed by atoms with Gasteiger partial charge in [0, 0.05) is 31.1 Å². The van der Waals surface area contributed by atoms with Crippen LogP contribution < -0.4 is 10.1 Å². The summed E-state index contributed by atoms with van der Waals surface area (Å²) >= 11 is 0. The van der Waals surface area contributed by atoms with Gasteiger partial charge >= 0.3 is 0 Å². The van der Waals surface area contributed by atoms with E-state index in [9.17, 15) is 9.18 Å². The number of amides is 1. The van der Waals surface area contributed by atoms with Gasteiger partial charge in [0.2, 0.25) is 5.91 Å². The van der Waals surface area contributed by atoms with Gasteiger partial charge in [-0.25, -0.2) is 4.39 Å². The predicted molar refractivity (Wildman–Crippen MR) is 105 cm³/mol. The van der Waals surface area contributed by atoms with Crippen LogP contribution >= 0.6 is 12.4 Å². The molecule has 0 aromatic heterocycles. The largest absolute Gasteiger partial charge is 0.496 e. The maximum absolute atomic E-state index is 13.8. The van der Waals surface area contributed by atoms with Crippen molar-refractivity contribution in [1.29, 1.82) is 0 Å². The molecule has 0 saturated carbocycles. The molecule has 2 heterocycles. The number of hydrogen-bond donors (Lipinski definition) is 1. The first kappa shape index (κ1) is 19.6. The van der Waals surface area contributed by atoms with Crippen LogP contribution in [0.25, 0.3) is 0 Å². The molecular formula is C21H24ClFN2O2. The van der Waals surface area contributed by atoms with Gasteiger partial charge in [0.15, 0.2) is 0 Å². The van der Waals surface area contributed by atoms with Crippen LogP contribution in [0.4, 0.5) is 4.39 Å². The molecule has 3 atom stereocenters. The number of para-hydroxylation sites is 1. The van der Waals surface area contributed by atoms with E-state index in [4.69, 9.17) is 4.74 Å². The first-order valence-corrected chi connectivity index (χ1v) is 9.05. The highest BCUT2D eigenvalue weighted by molar-refractivity contribution is 5.85. The molecular weight excluding hydrogens is 367 g/mol. The smallest absolute Gasteiger partial charge is 0.227 e. The number of ether oxygens (including phenoxy) is 1. The molecule has 27 heavy (non-hydrogen) atoms. The number of halogens is 2. The summed E-state index contributed by atoms with van der Waals surface area (Å²) in [6, 6.07) is 14.2. The second-order valence-corrected chi connectivity index (χ2v) is 7.12. The number of hydrogen-bond acceptors (Lipinski definition) is 3. The lowest BCUT2D eigenvalue weighted by atomic mass is 9.89. The molecule has 2 aromatic carbocycles. The number of benzene rings is 2. The van der Waals surface area contributed by atoms with Crippen LogP contribution in [0, 0.1) is 17.7 Å². The molecule has 6 heteroatoms. The number of fused-ring (bicyclic) bond motifs is 1. The summed E-state index contributed by atoms with van der Waals surface area (Å²) in [5.41, 5.74) is 1.77. The maximum atomic E-state index is 13.8. The monoisotopic (exact) mass is 390 g/mol. The number of rotatable bonds is 4. The Kier molecular flexibility index (Phi) is 6.02. The highest BCUT2D eigenvalue weighted by atomic mass is 35.5. The van der Waals surface area contributed by atoms with E-state index in [0.29, 0.717) is 24.8 Å². The zero-order chi connectivity index (χ0) is 18.1. The van der Waals surface area contributed by atoms with Crippen LogP contribution in [-0.2, 0) is 11.2 Å². The van der Waals surface area contributed by atoms with Gasteiger partial charge in [-0.1, -0.05) is 30.3 Å². The van der Waals surface area contributed by atoms with E-state index in [-0.39, 0.29) is 30.2 Å². The number of carbonyl (C=O) groups excluding carboxylic acids is 1. The number of carbonyl (C=O) groups is 1. The fourth-order valence-electron chi connectivity index (χ4n) is 4.41. The topological polar surface area (TPSA) is 41.6 Å². The van der Waals surface area contributed by atoms with Crippen molar-refractivity contribution in [3.8, 4) is 5.75 Å². The minimum Gasteiger partial charge on any atom is -0.496 e. The summed E-state index contributed by atoms with van der Waals surface area (Å²) in [7, 11) is 1.62. The van der Waals surface area contributed by atoms with E-state index < -0.39 is 0 Å². The van der Waals surface area contributed by atoms with Crippen molar-refractivity contribution >= 4 is 18.3 Å². The molecule has 4 rings (SSSR count). The number of nitrogens with one attached hydrogen (secondary N) is 1. The summed E-state index contributed by atoms with van der Waals surface area (Å²) in [5, 5.41) is 3.41. The van der Waals surface area contributed by atoms with E-state index >= 15 is 0 Å². The van der Waals surface area contributed by atoms with Crippen LogP contribution in [0.3, 0.4) is 0 Å². The minimum absolute atomic E-state index is 0. The third kappa shape index (κ3) is 3.80. The van der Waals surface area contributed by atoms with Crippen LogP contribution in [0.1, 0.15) is 17.2 Å². The quantitative estimate of drug-likeness (QED) is 0.871. The summed E-state index contributed by atoms with van der Waals surface area (Å²) in [5.74, 6) is 1.29. The lowest BCUT2D eigenvalue weighted by Crippen LogP contribution is -2.35. The molecule has 1 N–H and O–H groups in total. The Balaban J connectivity index is 0.00000210. The Morgan fingerprint density at radius 2 is 2.04 bits per heavy atom. The minimum atomic E-state index is -0.256. The van der Waals surface area contributed by atoms with Gasteiger partial charge in [0.1, 0.15) is 11.6 Å². The Hall–Kier alpha value is -2.11. The van der Waals surface area contributed by atoms with Crippen molar-refractivity contribution in [3.63, 3.8) is 0 Å². The maximum Gasteiger partial charge on any atom is 0.227 e. The first-order valence-electron chi connectivity index (χ1n) is 9.05. The van der Waals surface area contributed by atoms with Crippen LogP contribution in [0.2, 0.25) is 0 Å². The highest BCUT2D eigenvalue weighted by Gasteiger charge is 2.46. The van der Waals surface area contributed by atoms with Crippen molar-refractivity contribution < 1.29 is 13.9 Å². The van der Waals surface area contributed by atoms with Gasteiger partial charge in [-0.05, 0) is 29.7 Å². The molecule has 0 aliphatic carbocycles. The van der Waals surface area contributed by atoms with Crippen molar-refractivity contribution in [3.05, 3.63) is 65.5 Å². The number of nitrogens with zero attached hydrogens (tertiary/aromatic N) is 1. The van der Waals surface area contributed by atoms with Gasteiger partial charge in [-0.3, -0.25) is 4.79 Å². The van der Waals surface area contributed by atoms with Crippen molar-refractivity contribution in [1.82, 2.24) is 10.2 Å². The Labute approximate surface area is 165 Å². The summed E-state index contributed by atoms with van der Waals surface area (Å²) in [6.45, 7) is 2.49. The molecule has 2 fully saturated rings. The molecule has 0 bridgehead atoms. The van der Waals surface area contributed by atoms with Gasteiger partial charge < -0.3 is 15.0 Å². The zero-order valence-electron chi connectivity index (χ0n) is 15.2. The molecule has 2 saturated heterocycles. The van der Waals surface area contributed by atoms with E-state index in [0.717, 1.165) is 30.0 Å². The lowest BCUT2D eigenvalue weighted by Gasteiger charge is -2.29. The number of likely N-dealkylation sites (tertiary alicyclic amines) is 1. The molecule has 0 unspecified atom stereocenters.